The van der Waals surface area contributed by atoms with Gasteiger partial charge in [-0.3, -0.25) is 14.9 Å². The third-order valence-electron chi connectivity index (χ3n) is 4.89. The number of hydrogen-bond donors (Lipinski definition) is 3. The number of rotatable bonds is 13. The fourth-order valence-electron chi connectivity index (χ4n) is 3.03. The van der Waals surface area contributed by atoms with Crippen LogP contribution in [0.4, 0.5) is 5.69 Å². The first-order chi connectivity index (χ1) is 16.4. The van der Waals surface area contributed by atoms with Gasteiger partial charge in [0.2, 0.25) is 0 Å². The molecule has 0 aliphatic carbocycles. The highest BCUT2D eigenvalue weighted by Gasteiger charge is 2.12. The zero-order valence-electron chi connectivity index (χ0n) is 19.6. The summed E-state index contributed by atoms with van der Waals surface area (Å²) in [7, 11) is 1.63. The number of hydrogen-bond acceptors (Lipinski definition) is 5. The number of halogens is 1. The Morgan fingerprint density at radius 1 is 0.941 bits per heavy atom. The van der Waals surface area contributed by atoms with Crippen LogP contribution in [0.3, 0.4) is 0 Å². The van der Waals surface area contributed by atoms with Crippen molar-refractivity contribution in [3.63, 3.8) is 0 Å². The van der Waals surface area contributed by atoms with Crippen molar-refractivity contribution in [2.24, 2.45) is 0 Å². The molecule has 184 valence electrons. The molecule has 9 heteroatoms. The molecule has 2 aromatic rings. The van der Waals surface area contributed by atoms with E-state index >= 15 is 0 Å². The van der Waals surface area contributed by atoms with Gasteiger partial charge in [0, 0.05) is 37.1 Å². The maximum Gasteiger partial charge on any atom is 0.257 e. The second-order valence-corrected chi connectivity index (χ2v) is 8.90. The van der Waals surface area contributed by atoms with E-state index in [0.29, 0.717) is 46.8 Å². The first-order valence-electron chi connectivity index (χ1n) is 11.4. The normalized spacial score (nSPS) is 10.4. The van der Waals surface area contributed by atoms with Gasteiger partial charge < -0.3 is 20.1 Å². The molecule has 2 amide bonds. The summed E-state index contributed by atoms with van der Waals surface area (Å²) in [5, 5.41) is 8.61. The molecule has 2 aromatic carbocycles. The molecule has 0 aliphatic rings. The molecule has 0 atom stereocenters. The number of carbonyl (C=O) groups excluding carboxylic acids is 2. The lowest BCUT2D eigenvalue weighted by Gasteiger charge is -2.12. The first kappa shape index (κ1) is 27.8. The molecule has 0 radical (unpaired) electrons. The smallest absolute Gasteiger partial charge is 0.257 e. The summed E-state index contributed by atoms with van der Waals surface area (Å²) in [5.74, 6) is 0.217. The van der Waals surface area contributed by atoms with Gasteiger partial charge in [-0.25, -0.2) is 0 Å². The number of ether oxygens (including phenoxy) is 2. The van der Waals surface area contributed by atoms with Gasteiger partial charge in [0.25, 0.3) is 11.8 Å². The molecule has 0 spiro atoms. The quantitative estimate of drug-likeness (QED) is 0.232. The monoisotopic (exact) mass is 549 g/mol. The fourth-order valence-corrected chi connectivity index (χ4v) is 3.74. The number of carbonyl (C=O) groups is 2. The molecule has 7 nitrogen and oxygen atoms in total. The molecule has 3 N–H and O–H groups in total. The minimum atomic E-state index is -0.334. The van der Waals surface area contributed by atoms with Crippen molar-refractivity contribution in [3.8, 4) is 5.75 Å². The minimum Gasteiger partial charge on any atom is -0.492 e. The largest absolute Gasteiger partial charge is 0.492 e. The molecular weight excluding hydrogens is 518 g/mol. The number of anilines is 1. The molecule has 2 rings (SSSR count). The van der Waals surface area contributed by atoms with Crippen molar-refractivity contribution in [1.82, 2.24) is 10.6 Å². The van der Waals surface area contributed by atoms with E-state index in [1.165, 1.54) is 12.8 Å². The molecule has 0 fully saturated rings. The van der Waals surface area contributed by atoms with Crippen LogP contribution in [0, 0.1) is 0 Å². The third-order valence-corrected chi connectivity index (χ3v) is 5.72. The van der Waals surface area contributed by atoms with E-state index in [1.54, 1.807) is 49.6 Å². The highest BCUT2D eigenvalue weighted by atomic mass is 79.9. The molecule has 0 heterocycles. The molecule has 0 saturated heterocycles. The van der Waals surface area contributed by atoms with Crippen LogP contribution < -0.4 is 20.7 Å². The topological polar surface area (TPSA) is 88.7 Å². The molecular formula is C25H32BrN3O4S. The maximum absolute atomic E-state index is 12.6. The Morgan fingerprint density at radius 3 is 2.35 bits per heavy atom. The first-order valence-corrected chi connectivity index (χ1v) is 12.6. The van der Waals surface area contributed by atoms with E-state index in [-0.39, 0.29) is 16.9 Å². The Bertz CT molecular complexity index is 954. The Balaban J connectivity index is 1.82. The van der Waals surface area contributed by atoms with Crippen LogP contribution in [0.1, 0.15) is 59.7 Å². The van der Waals surface area contributed by atoms with E-state index < -0.39 is 0 Å². The van der Waals surface area contributed by atoms with Crippen molar-refractivity contribution < 1.29 is 19.1 Å². The predicted octanol–water partition coefficient (Wildman–Crippen LogP) is 5.30. The van der Waals surface area contributed by atoms with Gasteiger partial charge in [0.15, 0.2) is 5.11 Å². The lowest BCUT2D eigenvalue weighted by molar-refractivity contribution is 0.0946. The maximum atomic E-state index is 12.6. The summed E-state index contributed by atoms with van der Waals surface area (Å²) in [4.78, 5) is 24.7. The minimum absolute atomic E-state index is 0.155. The van der Waals surface area contributed by atoms with Crippen molar-refractivity contribution in [3.05, 3.63) is 58.1 Å². The summed E-state index contributed by atoms with van der Waals surface area (Å²) in [6, 6.07) is 12.0. The number of unbranched alkanes of at least 4 members (excludes halogenated alkanes) is 3. The van der Waals surface area contributed by atoms with Crippen LogP contribution in [-0.4, -0.2) is 43.8 Å². The van der Waals surface area contributed by atoms with Crippen LogP contribution in [0.15, 0.2) is 46.9 Å². The molecule has 0 bridgehead atoms. The zero-order chi connectivity index (χ0) is 24.8. The molecule has 0 aromatic heterocycles. The van der Waals surface area contributed by atoms with Crippen molar-refractivity contribution in [2.75, 3.05) is 32.2 Å². The Labute approximate surface area is 215 Å². The summed E-state index contributed by atoms with van der Waals surface area (Å²) in [6.07, 6.45) is 5.28. The van der Waals surface area contributed by atoms with Crippen molar-refractivity contribution >= 4 is 50.8 Å². The second-order valence-electron chi connectivity index (χ2n) is 7.64. The highest BCUT2D eigenvalue weighted by molar-refractivity contribution is 9.10. The number of nitrogens with one attached hydrogen (secondary N) is 3. The van der Waals surface area contributed by atoms with Crippen LogP contribution in [0.25, 0.3) is 0 Å². The van der Waals surface area contributed by atoms with Gasteiger partial charge in [0.1, 0.15) is 5.75 Å². The SMILES string of the molecule is CCCCCCOc1ccc(C(=O)NC(=S)Nc2ccc(C(=O)NCCCOC)cc2)cc1Br. The average Bonchev–Trinajstić information content (AvgIpc) is 2.82. The lowest BCUT2D eigenvalue weighted by Crippen LogP contribution is -2.34. The number of amides is 2. The zero-order valence-corrected chi connectivity index (χ0v) is 22.0. The molecule has 0 saturated carbocycles. The van der Waals surface area contributed by atoms with E-state index in [0.717, 1.165) is 19.3 Å². The number of thiocarbonyl (C=S) groups is 1. The van der Waals surface area contributed by atoms with Gasteiger partial charge in [0.05, 0.1) is 11.1 Å². The van der Waals surface area contributed by atoms with E-state index in [1.807, 2.05) is 0 Å². The van der Waals surface area contributed by atoms with E-state index in [2.05, 4.69) is 38.8 Å². The van der Waals surface area contributed by atoms with Crippen LogP contribution >= 0.6 is 28.1 Å². The van der Waals surface area contributed by atoms with Gasteiger partial charge in [-0.2, -0.15) is 0 Å². The Kier molecular flexibility index (Phi) is 12.6. The fraction of sp³-hybridized carbons (Fsp3) is 0.400. The van der Waals surface area contributed by atoms with Gasteiger partial charge in [-0.05, 0) is 83.5 Å². The van der Waals surface area contributed by atoms with Crippen molar-refractivity contribution in [2.45, 2.75) is 39.0 Å². The lowest BCUT2D eigenvalue weighted by atomic mass is 10.2. The predicted molar refractivity (Wildman–Crippen MR) is 143 cm³/mol. The molecule has 34 heavy (non-hydrogen) atoms. The van der Waals surface area contributed by atoms with Gasteiger partial charge in [-0.15, -0.1) is 0 Å². The van der Waals surface area contributed by atoms with Crippen LogP contribution in [0.5, 0.6) is 5.75 Å². The Hall–Kier alpha value is -2.49. The van der Waals surface area contributed by atoms with Crippen LogP contribution in [0.2, 0.25) is 0 Å². The number of benzene rings is 2. The summed E-state index contributed by atoms with van der Waals surface area (Å²) in [5.41, 5.74) is 1.65. The number of methoxy groups -OCH3 is 1. The van der Waals surface area contributed by atoms with E-state index in [4.69, 9.17) is 21.7 Å². The van der Waals surface area contributed by atoms with Gasteiger partial charge in [-0.1, -0.05) is 26.2 Å². The van der Waals surface area contributed by atoms with Crippen molar-refractivity contribution in [1.29, 1.82) is 0 Å². The second kappa shape index (κ2) is 15.4. The third kappa shape index (κ3) is 9.79. The standard InChI is InChI=1S/C25H32BrN3O4S/c1-3-4-5-6-16-33-22-13-10-19(17-21(22)26)24(31)29-25(34)28-20-11-8-18(9-12-20)23(30)27-14-7-15-32-2/h8-13,17H,3-7,14-16H2,1-2H3,(H,27,30)(H2,28,29,31,34). The Morgan fingerprint density at radius 2 is 1.68 bits per heavy atom. The van der Waals surface area contributed by atoms with Gasteiger partial charge >= 0.3 is 0 Å². The molecule has 0 unspecified atom stereocenters. The average molecular weight is 551 g/mol. The summed E-state index contributed by atoms with van der Waals surface area (Å²) in [6.45, 7) is 3.96. The highest BCUT2D eigenvalue weighted by Crippen LogP contribution is 2.26. The van der Waals surface area contributed by atoms with Crippen LogP contribution in [-0.2, 0) is 4.74 Å². The summed E-state index contributed by atoms with van der Waals surface area (Å²) >= 11 is 8.73. The molecule has 0 aliphatic heterocycles. The summed E-state index contributed by atoms with van der Waals surface area (Å²) < 4.78 is 11.5. The van der Waals surface area contributed by atoms with E-state index in [9.17, 15) is 9.59 Å².